The highest BCUT2D eigenvalue weighted by molar-refractivity contribution is 7.25. The van der Waals surface area contributed by atoms with Gasteiger partial charge in [-0.2, -0.15) is 0 Å². The van der Waals surface area contributed by atoms with Crippen LogP contribution in [-0.2, 0) is 0 Å². The van der Waals surface area contributed by atoms with Gasteiger partial charge in [-0.3, -0.25) is 0 Å². The van der Waals surface area contributed by atoms with E-state index in [2.05, 4.69) is 175 Å². The molecule has 0 amide bonds. The SMILES string of the molecule is c1cc(-c2ccc3ccccc3c2)cc(N(c2cccc(-c3ccc4sc5ccccc5c4c3)c2)c2cccc3oc4ccccc4c23)c1. The third-order valence-electron chi connectivity index (χ3n) is 9.62. The van der Waals surface area contributed by atoms with Crippen molar-refractivity contribution in [3.63, 3.8) is 0 Å². The largest absolute Gasteiger partial charge is 0.456 e. The normalized spacial score (nSPS) is 11.7. The van der Waals surface area contributed by atoms with Gasteiger partial charge in [0.1, 0.15) is 11.2 Å². The maximum Gasteiger partial charge on any atom is 0.137 e. The molecule has 0 radical (unpaired) electrons. The monoisotopic (exact) mass is 643 g/mol. The van der Waals surface area contributed by atoms with Gasteiger partial charge in [0.25, 0.3) is 0 Å². The first-order valence-corrected chi connectivity index (χ1v) is 17.4. The van der Waals surface area contributed by atoms with E-state index < -0.39 is 0 Å². The lowest BCUT2D eigenvalue weighted by Gasteiger charge is -2.27. The Kier molecular flexibility index (Phi) is 6.39. The number of rotatable bonds is 5. The molecule has 49 heavy (non-hydrogen) atoms. The second kappa shape index (κ2) is 11.2. The zero-order valence-corrected chi connectivity index (χ0v) is 27.3. The zero-order chi connectivity index (χ0) is 32.3. The Balaban J connectivity index is 1.17. The summed E-state index contributed by atoms with van der Waals surface area (Å²) in [5.74, 6) is 0. The number of anilines is 3. The molecule has 0 fully saturated rings. The summed E-state index contributed by atoms with van der Waals surface area (Å²) in [5, 5.41) is 7.30. The van der Waals surface area contributed by atoms with E-state index in [0.29, 0.717) is 0 Å². The van der Waals surface area contributed by atoms with Crippen LogP contribution in [0.2, 0.25) is 0 Å². The lowest BCUT2D eigenvalue weighted by molar-refractivity contribution is 0.669. The number of fused-ring (bicyclic) bond motifs is 7. The van der Waals surface area contributed by atoms with Crippen molar-refractivity contribution >= 4 is 81.3 Å². The zero-order valence-electron chi connectivity index (χ0n) is 26.5. The van der Waals surface area contributed by atoms with E-state index >= 15 is 0 Å². The maximum absolute atomic E-state index is 6.38. The summed E-state index contributed by atoms with van der Waals surface area (Å²) in [4.78, 5) is 2.39. The molecular formula is C46H29NOS. The first kappa shape index (κ1) is 27.9. The Morgan fingerprint density at radius 3 is 1.84 bits per heavy atom. The summed E-state index contributed by atoms with van der Waals surface area (Å²) < 4.78 is 9.02. The molecule has 230 valence electrons. The molecule has 0 saturated heterocycles. The summed E-state index contributed by atoms with van der Waals surface area (Å²) in [7, 11) is 0. The van der Waals surface area contributed by atoms with Gasteiger partial charge in [0.2, 0.25) is 0 Å². The fourth-order valence-electron chi connectivity index (χ4n) is 7.29. The van der Waals surface area contributed by atoms with Crippen molar-refractivity contribution in [2.75, 3.05) is 4.90 Å². The van der Waals surface area contributed by atoms with Gasteiger partial charge in [0, 0.05) is 36.9 Å². The van der Waals surface area contributed by atoms with Crippen LogP contribution in [0.5, 0.6) is 0 Å². The molecule has 2 heterocycles. The van der Waals surface area contributed by atoms with E-state index in [1.807, 2.05) is 17.4 Å². The quantitative estimate of drug-likeness (QED) is 0.186. The fraction of sp³-hybridized carbons (Fsp3) is 0. The number of hydrogen-bond acceptors (Lipinski definition) is 3. The van der Waals surface area contributed by atoms with Crippen molar-refractivity contribution in [1.82, 2.24) is 0 Å². The molecule has 0 spiro atoms. The third-order valence-corrected chi connectivity index (χ3v) is 10.8. The van der Waals surface area contributed by atoms with Gasteiger partial charge in [-0.05, 0) is 99.8 Å². The molecule has 10 rings (SSSR count). The first-order chi connectivity index (χ1) is 24.3. The van der Waals surface area contributed by atoms with Crippen molar-refractivity contribution in [2.24, 2.45) is 0 Å². The van der Waals surface area contributed by atoms with E-state index in [1.54, 1.807) is 0 Å². The van der Waals surface area contributed by atoms with E-state index in [9.17, 15) is 0 Å². The topological polar surface area (TPSA) is 16.4 Å². The molecule has 2 nitrogen and oxygen atoms in total. The predicted octanol–water partition coefficient (Wildman–Crippen LogP) is 13.9. The highest BCUT2D eigenvalue weighted by atomic mass is 32.1. The lowest BCUT2D eigenvalue weighted by Crippen LogP contribution is -2.10. The number of para-hydroxylation sites is 1. The molecule has 0 saturated carbocycles. The smallest absolute Gasteiger partial charge is 0.137 e. The van der Waals surface area contributed by atoms with Crippen LogP contribution in [0.4, 0.5) is 17.1 Å². The van der Waals surface area contributed by atoms with Gasteiger partial charge >= 0.3 is 0 Å². The number of benzene rings is 8. The summed E-state index contributed by atoms with van der Waals surface area (Å²) >= 11 is 1.85. The van der Waals surface area contributed by atoms with Crippen molar-refractivity contribution in [3.8, 4) is 22.3 Å². The second-order valence-corrected chi connectivity index (χ2v) is 13.6. The van der Waals surface area contributed by atoms with Crippen LogP contribution < -0.4 is 4.90 Å². The second-order valence-electron chi connectivity index (χ2n) is 12.6. The predicted molar refractivity (Wildman–Crippen MR) is 210 cm³/mol. The van der Waals surface area contributed by atoms with Gasteiger partial charge in [-0.25, -0.2) is 0 Å². The third kappa shape index (κ3) is 4.70. The van der Waals surface area contributed by atoms with Gasteiger partial charge in [-0.1, -0.05) is 109 Å². The highest BCUT2D eigenvalue weighted by Crippen LogP contribution is 2.45. The van der Waals surface area contributed by atoms with Gasteiger partial charge in [0.15, 0.2) is 0 Å². The van der Waals surface area contributed by atoms with Crippen molar-refractivity contribution < 1.29 is 4.42 Å². The summed E-state index contributed by atoms with van der Waals surface area (Å²) in [6.45, 7) is 0. The van der Waals surface area contributed by atoms with Gasteiger partial charge in [-0.15, -0.1) is 11.3 Å². The van der Waals surface area contributed by atoms with Crippen LogP contribution >= 0.6 is 11.3 Å². The molecule has 0 aliphatic rings. The Morgan fingerprint density at radius 2 is 1.00 bits per heavy atom. The molecular weight excluding hydrogens is 615 g/mol. The molecule has 8 aromatic carbocycles. The van der Waals surface area contributed by atoms with Crippen LogP contribution in [0.15, 0.2) is 180 Å². The summed E-state index contributed by atoms with van der Waals surface area (Å²) in [6, 6.07) is 63.4. The van der Waals surface area contributed by atoms with E-state index in [1.165, 1.54) is 53.2 Å². The Hall–Kier alpha value is -6.16. The standard InChI is InChI=1S/C46H29NOS/c1-2-11-31-26-34(23-22-30(31)10-1)32-12-7-14-36(27-32)47(41-18-9-20-43-46(41)39-17-3-5-19-42(39)48-43)37-15-8-13-33(28-37)35-24-25-45-40(29-35)38-16-4-6-21-44(38)49-45/h1-29H. The molecule has 10 aromatic rings. The van der Waals surface area contributed by atoms with Crippen LogP contribution in [0, 0.1) is 0 Å². The summed E-state index contributed by atoms with van der Waals surface area (Å²) in [5.41, 5.74) is 9.75. The number of hydrogen-bond donors (Lipinski definition) is 0. The van der Waals surface area contributed by atoms with Crippen LogP contribution in [0.1, 0.15) is 0 Å². The Labute approximate surface area is 287 Å². The molecule has 0 atom stereocenters. The molecule has 3 heteroatoms. The number of furan rings is 1. The molecule has 0 N–H and O–H groups in total. The number of nitrogens with zero attached hydrogens (tertiary/aromatic N) is 1. The first-order valence-electron chi connectivity index (χ1n) is 16.6. The lowest BCUT2D eigenvalue weighted by atomic mass is 9.99. The van der Waals surface area contributed by atoms with Crippen LogP contribution in [-0.4, -0.2) is 0 Å². The average Bonchev–Trinajstić information content (AvgIpc) is 3.74. The van der Waals surface area contributed by atoms with Crippen molar-refractivity contribution in [2.45, 2.75) is 0 Å². The minimum atomic E-state index is 0.875. The van der Waals surface area contributed by atoms with Gasteiger partial charge in [0.05, 0.1) is 11.1 Å². The molecule has 0 bridgehead atoms. The number of thiophene rings is 1. The minimum Gasteiger partial charge on any atom is -0.456 e. The summed E-state index contributed by atoms with van der Waals surface area (Å²) in [6.07, 6.45) is 0. The van der Waals surface area contributed by atoms with Crippen molar-refractivity contribution in [1.29, 1.82) is 0 Å². The fourth-order valence-corrected chi connectivity index (χ4v) is 8.38. The minimum absolute atomic E-state index is 0.875. The Bertz CT molecular complexity index is 2860. The molecule has 0 unspecified atom stereocenters. The van der Waals surface area contributed by atoms with E-state index in [-0.39, 0.29) is 0 Å². The van der Waals surface area contributed by atoms with E-state index in [0.717, 1.165) is 39.0 Å². The Morgan fingerprint density at radius 1 is 0.388 bits per heavy atom. The van der Waals surface area contributed by atoms with Crippen molar-refractivity contribution in [3.05, 3.63) is 176 Å². The van der Waals surface area contributed by atoms with Crippen LogP contribution in [0.3, 0.4) is 0 Å². The van der Waals surface area contributed by atoms with Crippen LogP contribution in [0.25, 0.3) is 75.1 Å². The maximum atomic E-state index is 6.38. The van der Waals surface area contributed by atoms with E-state index in [4.69, 9.17) is 4.42 Å². The average molecular weight is 644 g/mol. The molecule has 0 aliphatic heterocycles. The van der Waals surface area contributed by atoms with Gasteiger partial charge < -0.3 is 9.32 Å². The highest BCUT2D eigenvalue weighted by Gasteiger charge is 2.20. The molecule has 0 aliphatic carbocycles. The molecule has 2 aromatic heterocycles.